The Morgan fingerprint density at radius 3 is 2.82 bits per heavy atom. The number of fused-ring (bicyclic) bond motifs is 1. The number of nitrogens with one attached hydrogen (secondary N) is 3. The van der Waals surface area contributed by atoms with Gasteiger partial charge in [-0.1, -0.05) is 22.7 Å². The molecule has 0 aliphatic carbocycles. The maximum absolute atomic E-state index is 13.4. The van der Waals surface area contributed by atoms with Gasteiger partial charge in [0.25, 0.3) is 17.5 Å². The minimum absolute atomic E-state index is 0.186. The number of nitrogens with zero attached hydrogens (tertiary/aromatic N) is 3. The average Bonchev–Trinajstić information content (AvgIpc) is 3.43. The molecular formula is C22H24N6O7S3. The number of carbonyl (C=O) groups is 4. The monoisotopic (exact) mass is 580 g/mol. The summed E-state index contributed by atoms with van der Waals surface area (Å²) in [4.78, 5) is 53.2. The van der Waals surface area contributed by atoms with Crippen LogP contribution in [0.1, 0.15) is 17.8 Å². The highest BCUT2D eigenvalue weighted by Gasteiger charge is 2.67. The van der Waals surface area contributed by atoms with Gasteiger partial charge in [0.2, 0.25) is 6.20 Å². The van der Waals surface area contributed by atoms with Crippen molar-refractivity contribution in [2.75, 3.05) is 25.2 Å². The lowest BCUT2D eigenvalue weighted by atomic mass is 9.97. The molecule has 0 aromatic carbocycles. The summed E-state index contributed by atoms with van der Waals surface area (Å²) in [6.45, 7) is 2.08. The number of aromatic nitrogens is 2. The number of rotatable bonds is 10. The van der Waals surface area contributed by atoms with Gasteiger partial charge in [-0.15, -0.1) is 23.1 Å². The van der Waals surface area contributed by atoms with Gasteiger partial charge in [0, 0.05) is 41.2 Å². The fraction of sp³-hybridized carbons (Fsp3) is 0.364. The zero-order valence-electron chi connectivity index (χ0n) is 20.2. The van der Waals surface area contributed by atoms with Gasteiger partial charge < -0.3 is 31.0 Å². The molecule has 2 aromatic rings. The number of thiophene rings is 1. The Morgan fingerprint density at radius 2 is 2.18 bits per heavy atom. The number of carboxylic acid groups (broad SMARTS) is 1. The fourth-order valence-electron chi connectivity index (χ4n) is 3.97. The smallest absolute Gasteiger partial charge is 0.352 e. The number of ether oxygens (including phenoxy) is 1. The Balaban J connectivity index is 1.55. The number of carbonyl (C=O) groups excluding carboxylic acids is 3. The van der Waals surface area contributed by atoms with Crippen molar-refractivity contribution in [1.82, 2.24) is 25.9 Å². The number of aliphatic carboxylic acids is 1. The van der Waals surface area contributed by atoms with E-state index < -0.39 is 41.0 Å². The Morgan fingerprint density at radius 1 is 1.39 bits per heavy atom. The van der Waals surface area contributed by atoms with E-state index in [1.54, 1.807) is 30.5 Å². The molecule has 1 fully saturated rings. The van der Waals surface area contributed by atoms with Crippen LogP contribution in [0.3, 0.4) is 0 Å². The molecule has 3 atom stereocenters. The van der Waals surface area contributed by atoms with Gasteiger partial charge in [0.1, 0.15) is 17.1 Å². The number of thioether (sulfide) groups is 2. The van der Waals surface area contributed by atoms with Crippen LogP contribution in [-0.2, 0) is 19.1 Å². The third-order valence-corrected chi connectivity index (χ3v) is 9.01. The number of methoxy groups -OCH3 is 1. The summed E-state index contributed by atoms with van der Waals surface area (Å²) in [5.74, 6) is -2.31. The van der Waals surface area contributed by atoms with Crippen molar-refractivity contribution in [3.05, 3.63) is 57.2 Å². The molecule has 202 valence electrons. The van der Waals surface area contributed by atoms with Crippen LogP contribution in [0, 0.1) is 5.21 Å². The lowest BCUT2D eigenvalue weighted by Gasteiger charge is -2.56. The van der Waals surface area contributed by atoms with E-state index in [0.29, 0.717) is 26.9 Å². The van der Waals surface area contributed by atoms with Gasteiger partial charge in [-0.2, -0.15) is 0 Å². The fourth-order valence-corrected chi connectivity index (χ4v) is 7.19. The maximum Gasteiger partial charge on any atom is 0.352 e. The van der Waals surface area contributed by atoms with Crippen molar-refractivity contribution in [1.29, 1.82) is 0 Å². The molecule has 2 unspecified atom stereocenters. The molecular weight excluding hydrogens is 556 g/mol. The Hall–Kier alpha value is -3.34. The standard InChI is InChI=1S/C22H24N6O7S3/c1-3-23-21(33)24-15(13-6-5-9-36-13)17(29)25-22(35-2)19(32)28-16(18(30)31)12(11-38-20(22)28)10-37-14-7-4-8-27(34)26-14/h4-9,15,20H,3,10-11H2,1-2H3,(H,25,29)(H,30,31)(H2,23,24,33)/t15?,20?,22-/m0/s1. The number of β-lactam (4-membered cyclic amide) rings is 1. The molecule has 13 nitrogen and oxygen atoms in total. The van der Waals surface area contributed by atoms with Crippen LogP contribution in [-0.4, -0.2) is 75.2 Å². The highest BCUT2D eigenvalue weighted by molar-refractivity contribution is 8.01. The Kier molecular flexibility index (Phi) is 8.44. The second-order valence-corrected chi connectivity index (χ2v) is 11.1. The minimum atomic E-state index is -1.82. The van der Waals surface area contributed by atoms with E-state index in [1.807, 2.05) is 0 Å². The van der Waals surface area contributed by atoms with Crippen LogP contribution in [0.5, 0.6) is 0 Å². The van der Waals surface area contributed by atoms with Gasteiger partial charge in [0.15, 0.2) is 5.03 Å². The van der Waals surface area contributed by atoms with Crippen LogP contribution in [0.15, 0.2) is 52.1 Å². The number of hydrogen-bond donors (Lipinski definition) is 4. The summed E-state index contributed by atoms with van der Waals surface area (Å²) in [5.41, 5.74) is -1.56. The molecule has 2 aliphatic rings. The number of amides is 4. The summed E-state index contributed by atoms with van der Waals surface area (Å²) < 4.78 is 5.51. The lowest BCUT2D eigenvalue weighted by molar-refractivity contribution is -0.672. The van der Waals surface area contributed by atoms with Gasteiger partial charge in [0.05, 0.1) is 0 Å². The molecule has 4 rings (SSSR count). The van der Waals surface area contributed by atoms with Crippen molar-refractivity contribution in [3.8, 4) is 0 Å². The molecule has 4 amide bonds. The summed E-state index contributed by atoms with van der Waals surface area (Å²) in [5, 5.41) is 34.3. The SMILES string of the molecule is CCNC(=O)NC(C(=O)N[C@]1(OC)C(=O)N2C(C(=O)O)=C(CSc3ccc[n+]([O-])n3)CSC21)c1cccs1. The summed E-state index contributed by atoms with van der Waals surface area (Å²) in [6.07, 6.45) is 1.24. The molecule has 4 heterocycles. The maximum atomic E-state index is 13.4. The largest absolute Gasteiger partial charge is 0.594 e. The summed E-state index contributed by atoms with van der Waals surface area (Å²) in [6, 6.07) is 4.89. The van der Waals surface area contributed by atoms with Gasteiger partial charge in [-0.05, 0) is 30.0 Å². The van der Waals surface area contributed by atoms with Crippen LogP contribution >= 0.6 is 34.9 Å². The van der Waals surface area contributed by atoms with Crippen molar-refractivity contribution in [3.63, 3.8) is 0 Å². The number of carboxylic acids is 1. The molecule has 1 saturated heterocycles. The quantitative estimate of drug-likeness (QED) is 0.103. The number of urea groups is 1. The van der Waals surface area contributed by atoms with Crippen LogP contribution in [0.4, 0.5) is 4.79 Å². The summed E-state index contributed by atoms with van der Waals surface area (Å²) in [7, 11) is 1.25. The highest BCUT2D eigenvalue weighted by Crippen LogP contribution is 2.47. The lowest BCUT2D eigenvalue weighted by Crippen LogP contribution is -2.81. The van der Waals surface area contributed by atoms with Crippen LogP contribution in [0.25, 0.3) is 0 Å². The normalized spacial score (nSPS) is 21.3. The third kappa shape index (κ3) is 5.29. The third-order valence-electron chi connectivity index (χ3n) is 5.69. The minimum Gasteiger partial charge on any atom is -0.594 e. The van der Waals surface area contributed by atoms with Gasteiger partial charge >= 0.3 is 12.0 Å². The molecule has 16 heteroatoms. The molecule has 2 aliphatic heterocycles. The Labute approximate surface area is 229 Å². The molecule has 38 heavy (non-hydrogen) atoms. The average molecular weight is 581 g/mol. The zero-order chi connectivity index (χ0) is 27.4. The number of hydrogen-bond acceptors (Lipinski definition) is 10. The first-order valence-corrected chi connectivity index (χ1v) is 14.2. The van der Waals surface area contributed by atoms with E-state index in [0.717, 1.165) is 4.90 Å². The molecule has 0 bridgehead atoms. The highest BCUT2D eigenvalue weighted by atomic mass is 32.2. The first kappa shape index (κ1) is 27.7. The first-order chi connectivity index (χ1) is 18.2. The van der Waals surface area contributed by atoms with E-state index in [-0.39, 0.29) is 17.2 Å². The summed E-state index contributed by atoms with van der Waals surface area (Å²) >= 11 is 3.66. The molecule has 0 radical (unpaired) electrons. The topological polar surface area (TPSA) is 177 Å². The van der Waals surface area contributed by atoms with Crippen LogP contribution < -0.4 is 20.8 Å². The predicted octanol–water partition coefficient (Wildman–Crippen LogP) is 0.642. The van der Waals surface area contributed by atoms with E-state index >= 15 is 0 Å². The van der Waals surface area contributed by atoms with E-state index in [1.165, 1.54) is 54.2 Å². The van der Waals surface area contributed by atoms with Crippen molar-refractivity contribution >= 4 is 58.7 Å². The van der Waals surface area contributed by atoms with E-state index in [9.17, 15) is 29.5 Å². The Bertz CT molecular complexity index is 1270. The predicted molar refractivity (Wildman–Crippen MR) is 139 cm³/mol. The molecule has 4 N–H and O–H groups in total. The van der Waals surface area contributed by atoms with Crippen molar-refractivity contribution in [2.45, 2.75) is 29.1 Å². The molecule has 2 aromatic heterocycles. The molecule has 0 spiro atoms. The second kappa shape index (κ2) is 11.6. The second-order valence-electron chi connectivity index (χ2n) is 8.01. The van der Waals surface area contributed by atoms with Gasteiger partial charge in [-0.3, -0.25) is 14.5 Å². The van der Waals surface area contributed by atoms with E-state index in [2.05, 4.69) is 21.0 Å². The first-order valence-electron chi connectivity index (χ1n) is 11.3. The van der Waals surface area contributed by atoms with Crippen molar-refractivity contribution < 1.29 is 33.9 Å². The molecule has 0 saturated carbocycles. The zero-order valence-corrected chi connectivity index (χ0v) is 22.7. The van der Waals surface area contributed by atoms with E-state index in [4.69, 9.17) is 4.74 Å². The van der Waals surface area contributed by atoms with Crippen LogP contribution in [0.2, 0.25) is 0 Å². The van der Waals surface area contributed by atoms with Gasteiger partial charge in [-0.25, -0.2) is 9.59 Å². The van der Waals surface area contributed by atoms with Crippen molar-refractivity contribution in [2.24, 2.45) is 0 Å².